The van der Waals surface area contributed by atoms with Gasteiger partial charge in [0.15, 0.2) is 0 Å². The molecule has 0 radical (unpaired) electrons. The Hall–Kier alpha value is -0.760. The fraction of sp³-hybridized carbons (Fsp3) is 0.765. The molecule has 1 rings (SSSR count). The molecule has 0 aromatic carbocycles. The number of aryl methyl sites for hydroxylation is 1. The second-order valence-electron chi connectivity index (χ2n) is 5.91. The molecule has 1 atom stereocenters. The minimum Gasteiger partial charge on any atom is -0.354 e. The number of nitrogens with zero attached hydrogens (tertiary/aromatic N) is 1. The number of rotatable bonds is 11. The van der Waals surface area contributed by atoms with E-state index in [9.17, 15) is 0 Å². The highest BCUT2D eigenvalue weighted by Crippen LogP contribution is 2.10. The molecule has 2 nitrogen and oxygen atoms in total. The van der Waals surface area contributed by atoms with Crippen molar-refractivity contribution in [3.63, 3.8) is 0 Å². The third-order valence-corrected chi connectivity index (χ3v) is 3.64. The average molecular weight is 264 g/mol. The van der Waals surface area contributed by atoms with Crippen molar-refractivity contribution in [3.8, 4) is 0 Å². The first kappa shape index (κ1) is 16.3. The number of hydrogen-bond donors (Lipinski definition) is 1. The van der Waals surface area contributed by atoms with Crippen molar-refractivity contribution >= 4 is 0 Å². The lowest BCUT2D eigenvalue weighted by molar-refractivity contribution is 0.544. The van der Waals surface area contributed by atoms with Gasteiger partial charge in [0.2, 0.25) is 0 Å². The molecule has 0 spiro atoms. The summed E-state index contributed by atoms with van der Waals surface area (Å²) in [5.74, 6) is 0. The van der Waals surface area contributed by atoms with Gasteiger partial charge >= 0.3 is 0 Å². The molecule has 0 fully saturated rings. The van der Waals surface area contributed by atoms with Gasteiger partial charge in [-0.3, -0.25) is 0 Å². The van der Waals surface area contributed by atoms with Crippen LogP contribution in [0.2, 0.25) is 0 Å². The van der Waals surface area contributed by atoms with Gasteiger partial charge in [0.25, 0.3) is 0 Å². The Morgan fingerprint density at radius 3 is 2.32 bits per heavy atom. The lowest BCUT2D eigenvalue weighted by atomic mass is 10.1. The Balaban J connectivity index is 2.01. The SMILES string of the molecule is CCCCCCCCCCn1ccc(CC(C)N)c1. The maximum atomic E-state index is 5.81. The van der Waals surface area contributed by atoms with E-state index >= 15 is 0 Å². The topological polar surface area (TPSA) is 30.9 Å². The van der Waals surface area contributed by atoms with Crippen LogP contribution in [-0.2, 0) is 13.0 Å². The summed E-state index contributed by atoms with van der Waals surface area (Å²) in [5, 5.41) is 0. The fourth-order valence-corrected chi connectivity index (χ4v) is 2.55. The third-order valence-electron chi connectivity index (χ3n) is 3.64. The van der Waals surface area contributed by atoms with Gasteiger partial charge in [0.05, 0.1) is 0 Å². The van der Waals surface area contributed by atoms with Crippen molar-refractivity contribution in [1.82, 2.24) is 4.57 Å². The summed E-state index contributed by atoms with van der Waals surface area (Å²) in [6.45, 7) is 5.50. The standard InChI is InChI=1S/C17H32N2/c1-3-4-5-6-7-8-9-10-12-19-13-11-17(15-19)14-16(2)18/h11,13,15-16H,3-10,12,14,18H2,1-2H3. The molecule has 0 saturated heterocycles. The summed E-state index contributed by atoms with van der Waals surface area (Å²) in [6.07, 6.45) is 16.5. The van der Waals surface area contributed by atoms with Crippen molar-refractivity contribution in [3.05, 3.63) is 24.0 Å². The third kappa shape index (κ3) is 8.10. The molecule has 1 unspecified atom stereocenters. The maximum Gasteiger partial charge on any atom is 0.0219 e. The summed E-state index contributed by atoms with van der Waals surface area (Å²) in [7, 11) is 0. The van der Waals surface area contributed by atoms with E-state index in [0.29, 0.717) is 0 Å². The van der Waals surface area contributed by atoms with E-state index in [1.165, 1.54) is 56.9 Å². The molecule has 2 heteroatoms. The summed E-state index contributed by atoms with van der Waals surface area (Å²) < 4.78 is 2.31. The zero-order chi connectivity index (χ0) is 13.9. The molecule has 110 valence electrons. The lowest BCUT2D eigenvalue weighted by Crippen LogP contribution is -2.17. The lowest BCUT2D eigenvalue weighted by Gasteiger charge is -2.04. The van der Waals surface area contributed by atoms with Crippen LogP contribution in [0.25, 0.3) is 0 Å². The Kier molecular flexibility index (Phi) is 8.64. The van der Waals surface area contributed by atoms with Gasteiger partial charge in [0.1, 0.15) is 0 Å². The Morgan fingerprint density at radius 1 is 1.05 bits per heavy atom. The molecule has 2 N–H and O–H groups in total. The van der Waals surface area contributed by atoms with E-state index in [-0.39, 0.29) is 6.04 Å². The van der Waals surface area contributed by atoms with Crippen molar-refractivity contribution in [2.75, 3.05) is 0 Å². The average Bonchev–Trinajstić information content (AvgIpc) is 2.79. The molecule has 19 heavy (non-hydrogen) atoms. The van der Waals surface area contributed by atoms with Crippen molar-refractivity contribution < 1.29 is 0 Å². The molecule has 0 aliphatic heterocycles. The molecule has 1 aromatic heterocycles. The fourth-order valence-electron chi connectivity index (χ4n) is 2.55. The molecule has 0 amide bonds. The van der Waals surface area contributed by atoms with E-state index in [4.69, 9.17) is 5.73 Å². The van der Waals surface area contributed by atoms with E-state index in [2.05, 4.69) is 36.9 Å². The predicted octanol–water partition coefficient (Wildman–Crippen LogP) is 4.52. The maximum absolute atomic E-state index is 5.81. The van der Waals surface area contributed by atoms with Crippen LogP contribution in [0.4, 0.5) is 0 Å². The highest BCUT2D eigenvalue weighted by molar-refractivity contribution is 5.11. The number of aromatic nitrogens is 1. The largest absolute Gasteiger partial charge is 0.354 e. The molecular formula is C17H32N2. The zero-order valence-electron chi connectivity index (χ0n) is 12.9. The summed E-state index contributed by atoms with van der Waals surface area (Å²) in [6, 6.07) is 2.47. The summed E-state index contributed by atoms with van der Waals surface area (Å²) in [5.41, 5.74) is 7.18. The minimum absolute atomic E-state index is 0.263. The quantitative estimate of drug-likeness (QED) is 0.585. The van der Waals surface area contributed by atoms with Gasteiger partial charge in [-0.25, -0.2) is 0 Å². The van der Waals surface area contributed by atoms with Gasteiger partial charge in [-0.15, -0.1) is 0 Å². The molecular weight excluding hydrogens is 232 g/mol. The van der Waals surface area contributed by atoms with Crippen molar-refractivity contribution in [2.45, 2.75) is 84.2 Å². The minimum atomic E-state index is 0.263. The first-order valence-corrected chi connectivity index (χ1v) is 8.12. The number of hydrogen-bond acceptors (Lipinski definition) is 1. The molecule has 1 heterocycles. The smallest absolute Gasteiger partial charge is 0.0219 e. The molecule has 0 aliphatic rings. The van der Waals surface area contributed by atoms with Crippen molar-refractivity contribution in [2.24, 2.45) is 5.73 Å². The van der Waals surface area contributed by atoms with Gasteiger partial charge in [-0.2, -0.15) is 0 Å². The Morgan fingerprint density at radius 2 is 1.68 bits per heavy atom. The van der Waals surface area contributed by atoms with Crippen LogP contribution in [0.1, 0.15) is 70.8 Å². The van der Waals surface area contributed by atoms with Crippen LogP contribution in [0.15, 0.2) is 18.5 Å². The van der Waals surface area contributed by atoms with Crippen LogP contribution in [0.3, 0.4) is 0 Å². The number of unbranched alkanes of at least 4 members (excludes halogenated alkanes) is 7. The van der Waals surface area contributed by atoms with Crippen LogP contribution in [-0.4, -0.2) is 10.6 Å². The highest BCUT2D eigenvalue weighted by atomic mass is 14.9. The van der Waals surface area contributed by atoms with Gasteiger partial charge in [-0.1, -0.05) is 51.9 Å². The second kappa shape index (κ2) is 10.1. The summed E-state index contributed by atoms with van der Waals surface area (Å²) in [4.78, 5) is 0. The van der Waals surface area contributed by atoms with E-state index in [1.807, 2.05) is 0 Å². The van der Waals surface area contributed by atoms with Crippen LogP contribution >= 0.6 is 0 Å². The van der Waals surface area contributed by atoms with Crippen LogP contribution in [0.5, 0.6) is 0 Å². The Labute approximate surface area is 119 Å². The predicted molar refractivity (Wildman–Crippen MR) is 84.4 cm³/mol. The van der Waals surface area contributed by atoms with E-state index in [0.717, 1.165) is 13.0 Å². The summed E-state index contributed by atoms with van der Waals surface area (Å²) >= 11 is 0. The van der Waals surface area contributed by atoms with Crippen LogP contribution in [0, 0.1) is 0 Å². The van der Waals surface area contributed by atoms with Gasteiger partial charge in [-0.05, 0) is 31.4 Å². The zero-order valence-corrected chi connectivity index (χ0v) is 12.9. The van der Waals surface area contributed by atoms with E-state index < -0.39 is 0 Å². The van der Waals surface area contributed by atoms with Gasteiger partial charge < -0.3 is 10.3 Å². The second-order valence-corrected chi connectivity index (χ2v) is 5.91. The van der Waals surface area contributed by atoms with Crippen LogP contribution < -0.4 is 5.73 Å². The first-order valence-electron chi connectivity index (χ1n) is 8.12. The molecule has 1 aromatic rings. The normalized spacial score (nSPS) is 12.8. The van der Waals surface area contributed by atoms with E-state index in [1.54, 1.807) is 0 Å². The highest BCUT2D eigenvalue weighted by Gasteiger charge is 2.00. The molecule has 0 saturated carbocycles. The number of nitrogens with two attached hydrogens (primary N) is 1. The Bertz CT molecular complexity index is 315. The first-order chi connectivity index (χ1) is 9.22. The monoisotopic (exact) mass is 264 g/mol. The van der Waals surface area contributed by atoms with Gasteiger partial charge in [0, 0.05) is 25.0 Å². The van der Waals surface area contributed by atoms with Crippen molar-refractivity contribution in [1.29, 1.82) is 0 Å². The molecule has 0 aliphatic carbocycles. The molecule has 0 bridgehead atoms.